The first kappa shape index (κ1) is 20.8. The lowest BCUT2D eigenvalue weighted by molar-refractivity contribution is 0.489. The summed E-state index contributed by atoms with van der Waals surface area (Å²) < 4.78 is 4.74. The molecule has 6 nitrogen and oxygen atoms in total. The molecule has 0 aliphatic carbocycles. The summed E-state index contributed by atoms with van der Waals surface area (Å²) in [5, 5.41) is 0. The standard InChI is InChI=1S/C25H28N4O2/c1-17(2)14-28-24(30)22-23(26-16-27(22)15-19-8-6-5-7-9-19)29(25(28)31)21-12-10-20(11-13-21)18(3)4/h5-13,16-18H,14-15H2,1-4H3. The Labute approximate surface area is 181 Å². The van der Waals surface area contributed by atoms with Crippen LogP contribution in [0.2, 0.25) is 0 Å². The highest BCUT2D eigenvalue weighted by Crippen LogP contribution is 2.19. The van der Waals surface area contributed by atoms with Gasteiger partial charge in [-0.15, -0.1) is 0 Å². The van der Waals surface area contributed by atoms with Crippen molar-refractivity contribution in [1.82, 2.24) is 18.7 Å². The van der Waals surface area contributed by atoms with E-state index in [2.05, 4.69) is 18.8 Å². The lowest BCUT2D eigenvalue weighted by Gasteiger charge is -2.15. The average Bonchev–Trinajstić information content (AvgIpc) is 3.15. The van der Waals surface area contributed by atoms with E-state index in [4.69, 9.17) is 0 Å². The summed E-state index contributed by atoms with van der Waals surface area (Å²) in [7, 11) is 0. The molecule has 0 N–H and O–H groups in total. The van der Waals surface area contributed by atoms with Crippen molar-refractivity contribution in [2.75, 3.05) is 0 Å². The molecule has 0 atom stereocenters. The zero-order chi connectivity index (χ0) is 22.1. The number of imidazole rings is 1. The molecule has 0 unspecified atom stereocenters. The maximum Gasteiger partial charge on any atom is 0.337 e. The molecule has 0 bridgehead atoms. The molecule has 4 rings (SSSR count). The highest BCUT2D eigenvalue weighted by atomic mass is 16.2. The summed E-state index contributed by atoms with van der Waals surface area (Å²) in [5.74, 6) is 0.552. The number of benzene rings is 2. The third-order valence-corrected chi connectivity index (χ3v) is 5.46. The highest BCUT2D eigenvalue weighted by Gasteiger charge is 2.20. The monoisotopic (exact) mass is 416 g/mol. The number of nitrogens with zero attached hydrogens (tertiary/aromatic N) is 4. The molecule has 0 spiro atoms. The predicted octanol–water partition coefficient (Wildman–Crippen LogP) is 4.18. The maximum absolute atomic E-state index is 13.4. The summed E-state index contributed by atoms with van der Waals surface area (Å²) in [5.41, 5.74) is 3.15. The Kier molecular flexibility index (Phi) is 5.63. The molecule has 2 aromatic carbocycles. The van der Waals surface area contributed by atoms with Crippen molar-refractivity contribution in [3.8, 4) is 5.69 Å². The smallest absolute Gasteiger partial charge is 0.320 e. The molecule has 2 heterocycles. The van der Waals surface area contributed by atoms with Crippen LogP contribution in [0.25, 0.3) is 16.9 Å². The van der Waals surface area contributed by atoms with Gasteiger partial charge in [0.1, 0.15) is 0 Å². The lowest BCUT2D eigenvalue weighted by atomic mass is 10.0. The van der Waals surface area contributed by atoms with Crippen LogP contribution in [0.3, 0.4) is 0 Å². The molecule has 6 heteroatoms. The molecule has 2 aromatic heterocycles. The summed E-state index contributed by atoms with van der Waals surface area (Å²) in [6, 6.07) is 17.8. The van der Waals surface area contributed by atoms with Crippen LogP contribution in [0.15, 0.2) is 70.5 Å². The topological polar surface area (TPSA) is 61.8 Å². The van der Waals surface area contributed by atoms with Crippen LogP contribution in [0.5, 0.6) is 0 Å². The van der Waals surface area contributed by atoms with Gasteiger partial charge in [0.15, 0.2) is 11.2 Å². The third kappa shape index (κ3) is 3.98. The molecule has 0 amide bonds. The van der Waals surface area contributed by atoms with Crippen LogP contribution < -0.4 is 11.2 Å². The van der Waals surface area contributed by atoms with Gasteiger partial charge in [-0.3, -0.25) is 9.36 Å². The van der Waals surface area contributed by atoms with Crippen LogP contribution in [-0.2, 0) is 13.1 Å². The van der Waals surface area contributed by atoms with Gasteiger partial charge in [-0.25, -0.2) is 14.3 Å². The molecule has 0 fully saturated rings. The van der Waals surface area contributed by atoms with E-state index in [0.29, 0.717) is 35.9 Å². The van der Waals surface area contributed by atoms with Crippen molar-refractivity contribution in [2.45, 2.75) is 46.7 Å². The molecule has 0 radical (unpaired) electrons. The molecule has 0 aliphatic heterocycles. The van der Waals surface area contributed by atoms with E-state index >= 15 is 0 Å². The van der Waals surface area contributed by atoms with Crippen molar-refractivity contribution < 1.29 is 0 Å². The number of fused-ring (bicyclic) bond motifs is 1. The molecule has 0 saturated carbocycles. The Morgan fingerprint density at radius 2 is 1.58 bits per heavy atom. The van der Waals surface area contributed by atoms with E-state index < -0.39 is 0 Å². The Bertz CT molecular complexity index is 1310. The summed E-state index contributed by atoms with van der Waals surface area (Å²) in [6.07, 6.45) is 1.65. The lowest BCUT2D eigenvalue weighted by Crippen LogP contribution is -2.41. The molecular formula is C25H28N4O2. The Balaban J connectivity index is 1.96. The van der Waals surface area contributed by atoms with Crippen molar-refractivity contribution in [2.24, 2.45) is 5.92 Å². The highest BCUT2D eigenvalue weighted by molar-refractivity contribution is 5.72. The van der Waals surface area contributed by atoms with Gasteiger partial charge in [0, 0.05) is 13.1 Å². The average molecular weight is 417 g/mol. The zero-order valence-corrected chi connectivity index (χ0v) is 18.4. The normalized spacial score (nSPS) is 11.7. The largest absolute Gasteiger partial charge is 0.337 e. The third-order valence-electron chi connectivity index (χ3n) is 5.46. The van der Waals surface area contributed by atoms with Crippen LogP contribution in [0.1, 0.15) is 44.7 Å². The second-order valence-corrected chi connectivity index (χ2v) is 8.70. The SMILES string of the molecule is CC(C)Cn1c(=O)c2c(ncn2Cc2ccccc2)n(-c2ccc(C(C)C)cc2)c1=O. The minimum atomic E-state index is -0.353. The van der Waals surface area contributed by atoms with Gasteiger partial charge in [0.05, 0.1) is 12.0 Å². The van der Waals surface area contributed by atoms with E-state index in [1.807, 2.05) is 73.0 Å². The van der Waals surface area contributed by atoms with E-state index in [1.54, 1.807) is 10.9 Å². The van der Waals surface area contributed by atoms with Gasteiger partial charge in [-0.1, -0.05) is 70.2 Å². The molecule has 4 aromatic rings. The molecule has 0 aliphatic rings. The van der Waals surface area contributed by atoms with Crippen LogP contribution >= 0.6 is 0 Å². The minimum absolute atomic E-state index is 0.158. The van der Waals surface area contributed by atoms with Crippen LogP contribution in [-0.4, -0.2) is 18.7 Å². The van der Waals surface area contributed by atoms with Gasteiger partial charge in [0.25, 0.3) is 5.56 Å². The van der Waals surface area contributed by atoms with Crippen molar-refractivity contribution in [3.63, 3.8) is 0 Å². The van der Waals surface area contributed by atoms with Gasteiger partial charge < -0.3 is 4.57 Å². The Morgan fingerprint density at radius 1 is 0.903 bits per heavy atom. The van der Waals surface area contributed by atoms with E-state index in [1.165, 1.54) is 10.1 Å². The summed E-state index contributed by atoms with van der Waals surface area (Å²) >= 11 is 0. The van der Waals surface area contributed by atoms with Crippen molar-refractivity contribution in [1.29, 1.82) is 0 Å². The first-order valence-corrected chi connectivity index (χ1v) is 10.7. The van der Waals surface area contributed by atoms with E-state index in [0.717, 1.165) is 5.56 Å². The second kappa shape index (κ2) is 8.38. The number of hydrogen-bond donors (Lipinski definition) is 0. The van der Waals surface area contributed by atoms with Gasteiger partial charge >= 0.3 is 5.69 Å². The molecule has 31 heavy (non-hydrogen) atoms. The fourth-order valence-corrected chi connectivity index (χ4v) is 3.85. The van der Waals surface area contributed by atoms with Crippen LogP contribution in [0, 0.1) is 5.92 Å². The molecular weight excluding hydrogens is 388 g/mol. The van der Waals surface area contributed by atoms with Crippen molar-refractivity contribution >= 4 is 11.2 Å². The summed E-state index contributed by atoms with van der Waals surface area (Å²) in [6.45, 7) is 9.13. The Morgan fingerprint density at radius 3 is 2.19 bits per heavy atom. The number of hydrogen-bond acceptors (Lipinski definition) is 3. The Hall–Kier alpha value is -3.41. The predicted molar refractivity (Wildman–Crippen MR) is 124 cm³/mol. The fraction of sp³-hybridized carbons (Fsp3) is 0.320. The molecule has 0 saturated heterocycles. The van der Waals surface area contributed by atoms with Gasteiger partial charge in [-0.05, 0) is 35.1 Å². The zero-order valence-electron chi connectivity index (χ0n) is 18.4. The fourth-order valence-electron chi connectivity index (χ4n) is 3.85. The van der Waals surface area contributed by atoms with Crippen LogP contribution in [0.4, 0.5) is 0 Å². The first-order valence-electron chi connectivity index (χ1n) is 10.7. The maximum atomic E-state index is 13.4. The van der Waals surface area contributed by atoms with Gasteiger partial charge in [-0.2, -0.15) is 0 Å². The first-order chi connectivity index (χ1) is 14.9. The van der Waals surface area contributed by atoms with Gasteiger partial charge in [0.2, 0.25) is 0 Å². The van der Waals surface area contributed by atoms with E-state index in [-0.39, 0.29) is 17.2 Å². The van der Waals surface area contributed by atoms with E-state index in [9.17, 15) is 9.59 Å². The quantitative estimate of drug-likeness (QED) is 0.474. The second-order valence-electron chi connectivity index (χ2n) is 8.70. The number of rotatable bonds is 6. The molecule has 160 valence electrons. The van der Waals surface area contributed by atoms with Crippen molar-refractivity contribution in [3.05, 3.63) is 92.9 Å². The summed E-state index contributed by atoms with van der Waals surface area (Å²) in [4.78, 5) is 31.3. The minimum Gasteiger partial charge on any atom is -0.320 e. The number of aromatic nitrogens is 4.